The van der Waals surface area contributed by atoms with Crippen molar-refractivity contribution in [1.82, 2.24) is 0 Å². The summed E-state index contributed by atoms with van der Waals surface area (Å²) < 4.78 is 5.47. The van der Waals surface area contributed by atoms with Crippen molar-refractivity contribution >= 4 is 11.7 Å². The fraction of sp³-hybridized carbons (Fsp3) is 0.533. The Balaban J connectivity index is 2.01. The first-order chi connectivity index (χ1) is 8.75. The zero-order chi connectivity index (χ0) is 12.5. The third-order valence-electron chi connectivity index (χ3n) is 3.89. The van der Waals surface area contributed by atoms with E-state index in [1.807, 2.05) is 0 Å². The van der Waals surface area contributed by atoms with Crippen molar-refractivity contribution in [2.75, 3.05) is 18.5 Å². The van der Waals surface area contributed by atoms with Crippen molar-refractivity contribution in [3.8, 4) is 0 Å². The predicted molar refractivity (Wildman–Crippen MR) is 74.4 cm³/mol. The van der Waals surface area contributed by atoms with Gasteiger partial charge in [0.25, 0.3) is 6.02 Å². The minimum absolute atomic E-state index is 0.690. The van der Waals surface area contributed by atoms with Crippen molar-refractivity contribution < 1.29 is 4.74 Å². The van der Waals surface area contributed by atoms with Crippen molar-refractivity contribution in [2.45, 2.75) is 39.5 Å². The molecule has 0 amide bonds. The number of aliphatic imine (C=N–C) groups is 1. The van der Waals surface area contributed by atoms with E-state index < -0.39 is 0 Å². The molecule has 0 aromatic heterocycles. The minimum atomic E-state index is 0.690. The zero-order valence-electron chi connectivity index (χ0n) is 11.2. The van der Waals surface area contributed by atoms with Crippen molar-refractivity contribution in [1.29, 1.82) is 0 Å². The molecule has 96 valence electrons. The van der Waals surface area contributed by atoms with Gasteiger partial charge in [0.15, 0.2) is 0 Å². The van der Waals surface area contributed by atoms with Gasteiger partial charge < -0.3 is 10.1 Å². The molecule has 18 heavy (non-hydrogen) atoms. The summed E-state index contributed by atoms with van der Waals surface area (Å²) in [7, 11) is 0. The summed E-state index contributed by atoms with van der Waals surface area (Å²) in [6.45, 7) is 5.87. The SMILES string of the molecule is Cc1cc(C)c(NC2=NCCO2)c2c1CCCC2. The average molecular weight is 244 g/mol. The Morgan fingerprint density at radius 2 is 1.89 bits per heavy atom. The van der Waals surface area contributed by atoms with Crippen LogP contribution in [0.1, 0.15) is 35.1 Å². The minimum Gasteiger partial charge on any atom is -0.463 e. The van der Waals surface area contributed by atoms with Gasteiger partial charge in [-0.25, -0.2) is 4.99 Å². The highest BCUT2D eigenvalue weighted by Crippen LogP contribution is 2.33. The van der Waals surface area contributed by atoms with Crippen molar-refractivity contribution in [2.24, 2.45) is 4.99 Å². The van der Waals surface area contributed by atoms with E-state index in [1.54, 1.807) is 0 Å². The molecule has 0 spiro atoms. The molecule has 0 bridgehead atoms. The van der Waals surface area contributed by atoms with E-state index >= 15 is 0 Å². The highest BCUT2D eigenvalue weighted by Gasteiger charge is 2.19. The molecular formula is C15H20N2O. The molecule has 0 fully saturated rings. The molecule has 3 rings (SSSR count). The molecule has 1 N–H and O–H groups in total. The van der Waals surface area contributed by atoms with Crippen LogP contribution in [-0.2, 0) is 17.6 Å². The van der Waals surface area contributed by atoms with Crippen molar-refractivity contribution in [3.63, 3.8) is 0 Å². The zero-order valence-corrected chi connectivity index (χ0v) is 11.2. The second-order valence-corrected chi connectivity index (χ2v) is 5.21. The summed E-state index contributed by atoms with van der Waals surface area (Å²) in [5, 5.41) is 3.39. The van der Waals surface area contributed by atoms with Gasteiger partial charge in [0, 0.05) is 5.69 Å². The summed E-state index contributed by atoms with van der Waals surface area (Å²) in [5.41, 5.74) is 6.98. The number of hydrogen-bond acceptors (Lipinski definition) is 3. The average Bonchev–Trinajstić information content (AvgIpc) is 2.87. The molecule has 1 heterocycles. The number of benzene rings is 1. The number of nitrogens with zero attached hydrogens (tertiary/aromatic N) is 1. The monoisotopic (exact) mass is 244 g/mol. The Bertz CT molecular complexity index is 506. The normalized spacial score (nSPS) is 18.0. The largest absolute Gasteiger partial charge is 0.463 e. The van der Waals surface area contributed by atoms with Crippen LogP contribution < -0.4 is 5.32 Å². The first-order valence-corrected chi connectivity index (χ1v) is 6.82. The first kappa shape index (κ1) is 11.6. The van der Waals surface area contributed by atoms with Gasteiger partial charge in [0.05, 0.1) is 6.54 Å². The van der Waals surface area contributed by atoms with Gasteiger partial charge in [-0.3, -0.25) is 0 Å². The fourth-order valence-corrected chi connectivity index (χ4v) is 3.03. The van der Waals surface area contributed by atoms with E-state index in [0.717, 1.165) is 6.54 Å². The van der Waals surface area contributed by atoms with Gasteiger partial charge in [-0.2, -0.15) is 0 Å². The van der Waals surface area contributed by atoms with E-state index in [2.05, 4.69) is 30.2 Å². The van der Waals surface area contributed by atoms with Gasteiger partial charge in [-0.1, -0.05) is 6.07 Å². The molecule has 0 saturated carbocycles. The molecule has 3 heteroatoms. The second-order valence-electron chi connectivity index (χ2n) is 5.21. The van der Waals surface area contributed by atoms with Crippen LogP contribution in [-0.4, -0.2) is 19.2 Å². The van der Waals surface area contributed by atoms with Gasteiger partial charge >= 0.3 is 0 Å². The number of nitrogens with one attached hydrogen (secondary N) is 1. The van der Waals surface area contributed by atoms with E-state index in [-0.39, 0.29) is 0 Å². The molecule has 1 aromatic carbocycles. The summed E-state index contributed by atoms with van der Waals surface area (Å²) >= 11 is 0. The molecular weight excluding hydrogens is 224 g/mol. The predicted octanol–water partition coefficient (Wildman–Crippen LogP) is 2.98. The highest BCUT2D eigenvalue weighted by molar-refractivity contribution is 5.92. The van der Waals surface area contributed by atoms with Crippen LogP contribution in [0.2, 0.25) is 0 Å². The van der Waals surface area contributed by atoms with Crippen molar-refractivity contribution in [3.05, 3.63) is 28.3 Å². The quantitative estimate of drug-likeness (QED) is 0.824. The molecule has 0 unspecified atom stereocenters. The molecule has 0 saturated heterocycles. The lowest BCUT2D eigenvalue weighted by atomic mass is 9.85. The number of amidine groups is 1. The van der Waals surface area contributed by atoms with Crippen LogP contribution in [0.4, 0.5) is 5.69 Å². The molecule has 0 radical (unpaired) electrons. The van der Waals surface area contributed by atoms with Crippen LogP contribution in [0.15, 0.2) is 11.1 Å². The van der Waals surface area contributed by atoms with Gasteiger partial charge in [0.1, 0.15) is 6.61 Å². The van der Waals surface area contributed by atoms with E-state index in [4.69, 9.17) is 4.74 Å². The lowest BCUT2D eigenvalue weighted by Gasteiger charge is -2.24. The van der Waals surface area contributed by atoms with Gasteiger partial charge in [-0.15, -0.1) is 0 Å². The molecule has 2 aliphatic rings. The Morgan fingerprint density at radius 3 is 2.61 bits per heavy atom. The molecule has 1 aliphatic heterocycles. The summed E-state index contributed by atoms with van der Waals surface area (Å²) in [4.78, 5) is 4.33. The van der Waals surface area contributed by atoms with Crippen LogP contribution in [0.25, 0.3) is 0 Å². The van der Waals surface area contributed by atoms with Crippen LogP contribution >= 0.6 is 0 Å². The standard InChI is InChI=1S/C15H20N2O/c1-10-9-11(2)14(17-15-16-7-8-18-15)13-6-4-3-5-12(10)13/h9H,3-8H2,1-2H3,(H,16,17). The fourth-order valence-electron chi connectivity index (χ4n) is 3.03. The number of ether oxygens (including phenoxy) is 1. The molecule has 0 atom stereocenters. The number of fused-ring (bicyclic) bond motifs is 1. The van der Waals surface area contributed by atoms with E-state index in [0.29, 0.717) is 12.6 Å². The maximum atomic E-state index is 5.47. The number of aryl methyl sites for hydroxylation is 2. The topological polar surface area (TPSA) is 33.6 Å². The smallest absolute Gasteiger partial charge is 0.289 e. The third kappa shape index (κ3) is 1.98. The Labute approximate surface area is 108 Å². The van der Waals surface area contributed by atoms with E-state index in [9.17, 15) is 0 Å². The number of hydrogen-bond donors (Lipinski definition) is 1. The first-order valence-electron chi connectivity index (χ1n) is 6.82. The Kier molecular flexibility index (Phi) is 2.98. The van der Waals surface area contributed by atoms with Crippen LogP contribution in [0.5, 0.6) is 0 Å². The van der Waals surface area contributed by atoms with Gasteiger partial charge in [0.2, 0.25) is 0 Å². The number of rotatable bonds is 1. The summed E-state index contributed by atoms with van der Waals surface area (Å²) in [5.74, 6) is 0. The maximum absolute atomic E-state index is 5.47. The molecule has 1 aromatic rings. The number of anilines is 1. The Morgan fingerprint density at radius 1 is 1.11 bits per heavy atom. The lowest BCUT2D eigenvalue weighted by Crippen LogP contribution is -2.17. The summed E-state index contributed by atoms with van der Waals surface area (Å²) in [6, 6.07) is 2.97. The lowest BCUT2D eigenvalue weighted by molar-refractivity contribution is 0.346. The third-order valence-corrected chi connectivity index (χ3v) is 3.89. The van der Waals surface area contributed by atoms with Crippen LogP contribution in [0.3, 0.4) is 0 Å². The summed E-state index contributed by atoms with van der Waals surface area (Å²) in [6.07, 6.45) is 4.99. The van der Waals surface area contributed by atoms with E-state index in [1.165, 1.54) is 53.6 Å². The second kappa shape index (κ2) is 4.63. The maximum Gasteiger partial charge on any atom is 0.289 e. The molecule has 1 aliphatic carbocycles. The van der Waals surface area contributed by atoms with Crippen LogP contribution in [0, 0.1) is 13.8 Å². The highest BCUT2D eigenvalue weighted by atomic mass is 16.5. The molecule has 3 nitrogen and oxygen atoms in total. The van der Waals surface area contributed by atoms with Gasteiger partial charge in [-0.05, 0) is 61.8 Å². The Hall–Kier alpha value is -1.51.